The van der Waals surface area contributed by atoms with Crippen LogP contribution in [0.1, 0.15) is 29.0 Å². The molecule has 1 N–H and O–H groups in total. The zero-order valence-corrected chi connectivity index (χ0v) is 15.2. The van der Waals surface area contributed by atoms with Crippen molar-refractivity contribution in [2.24, 2.45) is 7.05 Å². The van der Waals surface area contributed by atoms with Crippen molar-refractivity contribution in [3.63, 3.8) is 0 Å². The second-order valence-corrected chi connectivity index (χ2v) is 6.89. The van der Waals surface area contributed by atoms with E-state index in [9.17, 15) is 4.79 Å². The number of carbonyl (C=O) groups is 1. The van der Waals surface area contributed by atoms with Crippen LogP contribution in [0.25, 0.3) is 0 Å². The predicted octanol–water partition coefficient (Wildman–Crippen LogP) is 2.22. The van der Waals surface area contributed by atoms with Gasteiger partial charge in [0.1, 0.15) is 13.2 Å². The first-order chi connectivity index (χ1) is 12.6. The fourth-order valence-electron chi connectivity index (χ4n) is 3.48. The molecule has 2 aromatic rings. The van der Waals surface area contributed by atoms with Crippen molar-refractivity contribution in [2.75, 3.05) is 31.6 Å². The monoisotopic (exact) mass is 356 g/mol. The van der Waals surface area contributed by atoms with Crippen molar-refractivity contribution in [2.45, 2.75) is 25.8 Å². The summed E-state index contributed by atoms with van der Waals surface area (Å²) in [6, 6.07) is 7.95. The number of aromatic nitrogens is 2. The van der Waals surface area contributed by atoms with Crippen molar-refractivity contribution in [1.82, 2.24) is 14.7 Å². The Kier molecular flexibility index (Phi) is 4.44. The smallest absolute Gasteiger partial charge is 0.274 e. The Labute approximate surface area is 152 Å². The zero-order chi connectivity index (χ0) is 18.1. The molecule has 4 rings (SSSR count). The molecule has 7 heteroatoms. The SMILES string of the molecule is Cc1cc(C(=O)N2CCC[C@H](Nc3ccc4c(c3)OCCO4)C2)nn1C. The molecular weight excluding hydrogens is 332 g/mol. The van der Waals surface area contributed by atoms with Gasteiger partial charge in [-0.2, -0.15) is 5.10 Å². The van der Waals surface area contributed by atoms with Gasteiger partial charge < -0.3 is 19.7 Å². The molecule has 7 nitrogen and oxygen atoms in total. The number of hydrogen-bond donors (Lipinski definition) is 1. The molecule has 3 heterocycles. The van der Waals surface area contributed by atoms with Gasteiger partial charge in [0, 0.05) is 43.6 Å². The van der Waals surface area contributed by atoms with E-state index in [2.05, 4.69) is 10.4 Å². The summed E-state index contributed by atoms with van der Waals surface area (Å²) < 4.78 is 12.9. The lowest BCUT2D eigenvalue weighted by molar-refractivity contribution is 0.0708. The van der Waals surface area contributed by atoms with Crippen LogP contribution in [-0.4, -0.2) is 52.9 Å². The molecule has 1 amide bonds. The van der Waals surface area contributed by atoms with Gasteiger partial charge in [0.2, 0.25) is 0 Å². The first-order valence-corrected chi connectivity index (χ1v) is 9.06. The summed E-state index contributed by atoms with van der Waals surface area (Å²) in [6.07, 6.45) is 2.00. The van der Waals surface area contributed by atoms with E-state index in [-0.39, 0.29) is 11.9 Å². The molecule has 0 aliphatic carbocycles. The maximum Gasteiger partial charge on any atom is 0.274 e. The first kappa shape index (κ1) is 16.8. The van der Waals surface area contributed by atoms with E-state index < -0.39 is 0 Å². The normalized spacial score (nSPS) is 19.3. The lowest BCUT2D eigenvalue weighted by Crippen LogP contribution is -2.45. The van der Waals surface area contributed by atoms with Crippen molar-refractivity contribution < 1.29 is 14.3 Å². The molecule has 0 saturated carbocycles. The zero-order valence-electron chi connectivity index (χ0n) is 15.2. The number of aryl methyl sites for hydroxylation is 2. The molecular formula is C19H24N4O3. The summed E-state index contributed by atoms with van der Waals surface area (Å²) >= 11 is 0. The maximum atomic E-state index is 12.7. The Morgan fingerprint density at radius 3 is 2.81 bits per heavy atom. The first-order valence-electron chi connectivity index (χ1n) is 9.06. The summed E-state index contributed by atoms with van der Waals surface area (Å²) in [5, 5.41) is 7.85. The van der Waals surface area contributed by atoms with E-state index in [0.717, 1.165) is 42.3 Å². The molecule has 26 heavy (non-hydrogen) atoms. The Hall–Kier alpha value is -2.70. The number of ether oxygens (including phenoxy) is 2. The molecule has 0 bridgehead atoms. The molecule has 2 aliphatic rings. The highest BCUT2D eigenvalue weighted by atomic mass is 16.6. The Morgan fingerprint density at radius 2 is 2.04 bits per heavy atom. The minimum Gasteiger partial charge on any atom is -0.486 e. The standard InChI is InChI=1S/C19H24N4O3/c1-13-10-16(21-22(13)2)19(24)23-7-3-4-15(12-23)20-14-5-6-17-18(11-14)26-9-8-25-17/h5-6,10-11,15,20H,3-4,7-9,12H2,1-2H3/t15-/m0/s1. The van der Waals surface area contributed by atoms with Crippen molar-refractivity contribution >= 4 is 11.6 Å². The second kappa shape index (κ2) is 6.90. The quantitative estimate of drug-likeness (QED) is 0.913. The fraction of sp³-hybridized carbons (Fsp3) is 0.474. The van der Waals surface area contributed by atoms with Gasteiger partial charge in [-0.3, -0.25) is 9.48 Å². The molecule has 0 unspecified atom stereocenters. The Morgan fingerprint density at radius 1 is 1.23 bits per heavy atom. The molecule has 1 aromatic carbocycles. The highest BCUT2D eigenvalue weighted by molar-refractivity contribution is 5.92. The van der Waals surface area contributed by atoms with Crippen LogP contribution in [0.3, 0.4) is 0 Å². The van der Waals surface area contributed by atoms with Crippen molar-refractivity contribution in [3.8, 4) is 11.5 Å². The number of amides is 1. The third-order valence-electron chi connectivity index (χ3n) is 4.95. The number of nitrogens with zero attached hydrogens (tertiary/aromatic N) is 3. The van der Waals surface area contributed by atoms with E-state index in [1.165, 1.54) is 0 Å². The van der Waals surface area contributed by atoms with Gasteiger partial charge in [-0.1, -0.05) is 0 Å². The van der Waals surface area contributed by atoms with Crippen LogP contribution in [0.4, 0.5) is 5.69 Å². The Bertz CT molecular complexity index is 798. The summed E-state index contributed by atoms with van der Waals surface area (Å²) in [7, 11) is 1.86. The van der Waals surface area contributed by atoms with Gasteiger partial charge in [0.05, 0.1) is 0 Å². The lowest BCUT2D eigenvalue weighted by atomic mass is 10.0. The fourth-order valence-corrected chi connectivity index (χ4v) is 3.48. The average Bonchev–Trinajstić information content (AvgIpc) is 3.00. The number of piperidine rings is 1. The van der Waals surface area contributed by atoms with Gasteiger partial charge in [-0.15, -0.1) is 0 Å². The van der Waals surface area contributed by atoms with Crippen LogP contribution in [0, 0.1) is 6.92 Å². The Balaban J connectivity index is 1.43. The number of rotatable bonds is 3. The summed E-state index contributed by atoms with van der Waals surface area (Å²) in [5.74, 6) is 1.56. The predicted molar refractivity (Wildman–Crippen MR) is 97.9 cm³/mol. The van der Waals surface area contributed by atoms with E-state index in [1.807, 2.05) is 43.1 Å². The minimum atomic E-state index is 0.00220. The minimum absolute atomic E-state index is 0.00220. The van der Waals surface area contributed by atoms with Crippen molar-refractivity contribution in [3.05, 3.63) is 35.7 Å². The number of likely N-dealkylation sites (tertiary alicyclic amines) is 1. The van der Waals surface area contributed by atoms with Crippen LogP contribution in [0.5, 0.6) is 11.5 Å². The van der Waals surface area contributed by atoms with Gasteiger partial charge >= 0.3 is 0 Å². The van der Waals surface area contributed by atoms with Crippen LogP contribution in [0.15, 0.2) is 24.3 Å². The number of nitrogens with one attached hydrogen (secondary N) is 1. The highest BCUT2D eigenvalue weighted by Gasteiger charge is 2.26. The molecule has 1 fully saturated rings. The maximum absolute atomic E-state index is 12.7. The van der Waals surface area contributed by atoms with E-state index >= 15 is 0 Å². The van der Waals surface area contributed by atoms with Crippen LogP contribution < -0.4 is 14.8 Å². The van der Waals surface area contributed by atoms with Gasteiger partial charge in [0.15, 0.2) is 17.2 Å². The van der Waals surface area contributed by atoms with E-state index in [4.69, 9.17) is 9.47 Å². The highest BCUT2D eigenvalue weighted by Crippen LogP contribution is 2.33. The third-order valence-corrected chi connectivity index (χ3v) is 4.95. The van der Waals surface area contributed by atoms with Gasteiger partial charge in [-0.25, -0.2) is 0 Å². The number of fused-ring (bicyclic) bond motifs is 1. The summed E-state index contributed by atoms with van der Waals surface area (Å²) in [4.78, 5) is 14.6. The largest absolute Gasteiger partial charge is 0.486 e. The van der Waals surface area contributed by atoms with Crippen LogP contribution in [-0.2, 0) is 7.05 Å². The molecule has 2 aliphatic heterocycles. The molecule has 138 valence electrons. The topological polar surface area (TPSA) is 68.6 Å². The number of carbonyl (C=O) groups excluding carboxylic acids is 1. The molecule has 1 aromatic heterocycles. The van der Waals surface area contributed by atoms with Crippen LogP contribution in [0.2, 0.25) is 0 Å². The summed E-state index contributed by atoms with van der Waals surface area (Å²) in [5.41, 5.74) is 2.49. The second-order valence-electron chi connectivity index (χ2n) is 6.89. The van der Waals surface area contributed by atoms with Gasteiger partial charge in [0.25, 0.3) is 5.91 Å². The number of anilines is 1. The lowest BCUT2D eigenvalue weighted by Gasteiger charge is -2.33. The molecule has 1 atom stereocenters. The molecule has 1 saturated heterocycles. The van der Waals surface area contributed by atoms with Crippen LogP contribution >= 0.6 is 0 Å². The number of benzene rings is 1. The average molecular weight is 356 g/mol. The summed E-state index contributed by atoms with van der Waals surface area (Å²) in [6.45, 7) is 4.56. The van der Waals surface area contributed by atoms with Crippen molar-refractivity contribution in [1.29, 1.82) is 0 Å². The van der Waals surface area contributed by atoms with E-state index in [1.54, 1.807) is 4.68 Å². The molecule has 0 spiro atoms. The third kappa shape index (κ3) is 3.34. The molecule has 0 radical (unpaired) electrons. The van der Waals surface area contributed by atoms with E-state index in [0.29, 0.717) is 25.5 Å². The van der Waals surface area contributed by atoms with Gasteiger partial charge in [-0.05, 0) is 38.0 Å². The number of hydrogen-bond acceptors (Lipinski definition) is 5.